The fourth-order valence-electron chi connectivity index (χ4n) is 1.56. The van der Waals surface area contributed by atoms with Crippen LogP contribution in [0.2, 0.25) is 0 Å². The van der Waals surface area contributed by atoms with Crippen LogP contribution < -0.4 is 0 Å². The van der Waals surface area contributed by atoms with E-state index in [-0.39, 0.29) is 12.2 Å². The Kier molecular flexibility index (Phi) is 3.80. The molecule has 1 aliphatic heterocycles. The maximum Gasteiger partial charge on any atom is 0.182 e. The van der Waals surface area contributed by atoms with Crippen molar-refractivity contribution in [2.75, 3.05) is 19.7 Å². The largest absolute Gasteiger partial charge is 0.474 e. The van der Waals surface area contributed by atoms with E-state index in [9.17, 15) is 0 Å². The van der Waals surface area contributed by atoms with E-state index in [1.165, 1.54) is 0 Å². The number of hydrogen-bond donors (Lipinski definition) is 1. The molecule has 0 amide bonds. The van der Waals surface area contributed by atoms with Gasteiger partial charge in [0.25, 0.3) is 0 Å². The van der Waals surface area contributed by atoms with Crippen LogP contribution in [-0.2, 0) is 4.74 Å². The highest BCUT2D eigenvalue weighted by Crippen LogP contribution is 2.19. The van der Waals surface area contributed by atoms with E-state index in [0.29, 0.717) is 5.88 Å². The fraction of sp³-hybridized carbons (Fsp3) is 0.667. The number of aliphatic hydroxyl groups is 1. The van der Waals surface area contributed by atoms with E-state index < -0.39 is 0 Å². The summed E-state index contributed by atoms with van der Waals surface area (Å²) < 4.78 is 5.69. The molecular formula is C12H21NO2. The lowest BCUT2D eigenvalue weighted by molar-refractivity contribution is 0.00396. The van der Waals surface area contributed by atoms with Gasteiger partial charge in [0.1, 0.15) is 5.60 Å². The number of rotatable bonds is 3. The van der Waals surface area contributed by atoms with Gasteiger partial charge in [-0.15, -0.1) is 0 Å². The lowest BCUT2D eigenvalue weighted by Gasteiger charge is -2.33. The van der Waals surface area contributed by atoms with Crippen LogP contribution in [0.5, 0.6) is 0 Å². The van der Waals surface area contributed by atoms with Gasteiger partial charge in [0.05, 0.1) is 6.61 Å². The number of aliphatic hydroxyl groups excluding tert-OH is 1. The Morgan fingerprint density at radius 1 is 1.60 bits per heavy atom. The first kappa shape index (κ1) is 12.1. The maximum atomic E-state index is 9.06. The predicted molar refractivity (Wildman–Crippen MR) is 61.3 cm³/mol. The van der Waals surface area contributed by atoms with Crippen LogP contribution in [0.4, 0.5) is 0 Å². The zero-order valence-electron chi connectivity index (χ0n) is 9.92. The molecule has 1 N–H and O–H groups in total. The van der Waals surface area contributed by atoms with Gasteiger partial charge in [0.2, 0.25) is 0 Å². The third-order valence-electron chi connectivity index (χ3n) is 2.21. The fourth-order valence-corrected chi connectivity index (χ4v) is 1.56. The van der Waals surface area contributed by atoms with Gasteiger partial charge >= 0.3 is 0 Å². The first-order valence-electron chi connectivity index (χ1n) is 5.34. The quantitative estimate of drug-likeness (QED) is 0.571. The summed E-state index contributed by atoms with van der Waals surface area (Å²) >= 11 is 0. The van der Waals surface area contributed by atoms with E-state index >= 15 is 0 Å². The minimum Gasteiger partial charge on any atom is -0.474 e. The Balaban J connectivity index is 2.52. The summed E-state index contributed by atoms with van der Waals surface area (Å²) in [6.07, 6.45) is 3.03. The van der Waals surface area contributed by atoms with Crippen molar-refractivity contribution in [1.82, 2.24) is 4.90 Å². The van der Waals surface area contributed by atoms with Gasteiger partial charge in [-0.3, -0.25) is 0 Å². The molecule has 0 saturated heterocycles. The second kappa shape index (κ2) is 4.71. The predicted octanol–water partition coefficient (Wildman–Crippen LogP) is 1.90. The SMILES string of the molecule is C=C(OC(C)(C)C)N1CCC=C(CO)C1. The molecule has 0 saturated carbocycles. The van der Waals surface area contributed by atoms with Crippen LogP contribution in [0.25, 0.3) is 0 Å². The van der Waals surface area contributed by atoms with Crippen molar-refractivity contribution in [3.8, 4) is 0 Å². The molecule has 3 nitrogen and oxygen atoms in total. The molecule has 0 aromatic carbocycles. The Hall–Kier alpha value is -0.960. The standard InChI is InChI=1S/C12H21NO2/c1-10(15-12(2,3)4)13-7-5-6-11(8-13)9-14/h6,14H,1,5,7-9H2,2-4H3. The zero-order chi connectivity index (χ0) is 11.5. The molecule has 0 fully saturated rings. The summed E-state index contributed by atoms with van der Waals surface area (Å²) in [6, 6.07) is 0. The molecule has 0 aliphatic carbocycles. The molecule has 0 radical (unpaired) electrons. The first-order chi connectivity index (χ1) is 6.92. The molecule has 1 heterocycles. The zero-order valence-corrected chi connectivity index (χ0v) is 9.92. The molecule has 3 heteroatoms. The lowest BCUT2D eigenvalue weighted by atomic mass is 10.1. The van der Waals surface area contributed by atoms with E-state index in [1.54, 1.807) is 0 Å². The van der Waals surface area contributed by atoms with Crippen LogP contribution in [0.1, 0.15) is 27.2 Å². The Bertz CT molecular complexity index is 263. The summed E-state index contributed by atoms with van der Waals surface area (Å²) in [5.41, 5.74) is 0.831. The minimum absolute atomic E-state index is 0.124. The Morgan fingerprint density at radius 3 is 2.80 bits per heavy atom. The number of ether oxygens (including phenoxy) is 1. The highest BCUT2D eigenvalue weighted by atomic mass is 16.5. The van der Waals surface area contributed by atoms with Crippen LogP contribution in [0.15, 0.2) is 24.1 Å². The number of hydrogen-bond acceptors (Lipinski definition) is 3. The first-order valence-corrected chi connectivity index (χ1v) is 5.34. The highest BCUT2D eigenvalue weighted by Gasteiger charge is 2.19. The molecule has 1 rings (SSSR count). The smallest absolute Gasteiger partial charge is 0.182 e. The molecular weight excluding hydrogens is 190 g/mol. The van der Waals surface area contributed by atoms with E-state index in [2.05, 4.69) is 17.6 Å². The molecule has 0 aromatic heterocycles. The van der Waals surface area contributed by atoms with Crippen molar-refractivity contribution in [2.24, 2.45) is 0 Å². The van der Waals surface area contributed by atoms with Gasteiger partial charge in [0.15, 0.2) is 5.88 Å². The van der Waals surface area contributed by atoms with Crippen LogP contribution >= 0.6 is 0 Å². The van der Waals surface area contributed by atoms with Crippen molar-refractivity contribution in [3.63, 3.8) is 0 Å². The van der Waals surface area contributed by atoms with Crippen LogP contribution in [0, 0.1) is 0 Å². The molecule has 0 unspecified atom stereocenters. The minimum atomic E-state index is -0.211. The summed E-state index contributed by atoms with van der Waals surface area (Å²) in [5, 5.41) is 9.06. The molecule has 86 valence electrons. The topological polar surface area (TPSA) is 32.7 Å². The molecule has 1 aliphatic rings. The van der Waals surface area contributed by atoms with Crippen molar-refractivity contribution < 1.29 is 9.84 Å². The molecule has 15 heavy (non-hydrogen) atoms. The van der Waals surface area contributed by atoms with Gasteiger partial charge in [-0.1, -0.05) is 6.08 Å². The summed E-state index contributed by atoms with van der Waals surface area (Å²) in [4.78, 5) is 2.07. The summed E-state index contributed by atoms with van der Waals surface area (Å²) in [6.45, 7) is 11.7. The summed E-state index contributed by atoms with van der Waals surface area (Å²) in [5.74, 6) is 0.696. The maximum absolute atomic E-state index is 9.06. The van der Waals surface area contributed by atoms with Gasteiger partial charge < -0.3 is 14.7 Å². The van der Waals surface area contributed by atoms with E-state index in [0.717, 1.165) is 25.1 Å². The van der Waals surface area contributed by atoms with E-state index in [1.807, 2.05) is 20.8 Å². The molecule has 0 atom stereocenters. The Morgan fingerprint density at radius 2 is 2.27 bits per heavy atom. The third kappa shape index (κ3) is 3.96. The monoisotopic (exact) mass is 211 g/mol. The second-order valence-electron chi connectivity index (χ2n) is 4.84. The molecule has 0 aromatic rings. The normalized spacial score (nSPS) is 17.3. The highest BCUT2D eigenvalue weighted by molar-refractivity contribution is 5.11. The van der Waals surface area contributed by atoms with Gasteiger partial charge in [-0.05, 0) is 39.3 Å². The van der Waals surface area contributed by atoms with Gasteiger partial charge in [-0.25, -0.2) is 0 Å². The second-order valence-corrected chi connectivity index (χ2v) is 4.84. The van der Waals surface area contributed by atoms with Crippen LogP contribution in [0.3, 0.4) is 0 Å². The van der Waals surface area contributed by atoms with Gasteiger partial charge in [0, 0.05) is 13.1 Å². The average molecular weight is 211 g/mol. The van der Waals surface area contributed by atoms with Crippen LogP contribution in [-0.4, -0.2) is 35.3 Å². The Labute approximate surface area is 92.0 Å². The molecule has 0 bridgehead atoms. The van der Waals surface area contributed by atoms with Gasteiger partial charge in [-0.2, -0.15) is 0 Å². The third-order valence-corrected chi connectivity index (χ3v) is 2.21. The summed E-state index contributed by atoms with van der Waals surface area (Å²) in [7, 11) is 0. The number of nitrogens with zero attached hydrogens (tertiary/aromatic N) is 1. The lowest BCUT2D eigenvalue weighted by Crippen LogP contribution is -2.34. The van der Waals surface area contributed by atoms with Crippen molar-refractivity contribution >= 4 is 0 Å². The van der Waals surface area contributed by atoms with Crippen molar-refractivity contribution in [3.05, 3.63) is 24.1 Å². The van der Waals surface area contributed by atoms with Crippen molar-refractivity contribution in [2.45, 2.75) is 32.8 Å². The van der Waals surface area contributed by atoms with E-state index in [4.69, 9.17) is 9.84 Å². The van der Waals surface area contributed by atoms with Crippen molar-refractivity contribution in [1.29, 1.82) is 0 Å². The molecule has 0 spiro atoms. The average Bonchev–Trinajstić information content (AvgIpc) is 2.15.